The lowest BCUT2D eigenvalue weighted by Gasteiger charge is -2.47. The average Bonchev–Trinajstić information content (AvgIpc) is 2.34. The fourth-order valence-electron chi connectivity index (χ4n) is 2.82. The summed E-state index contributed by atoms with van der Waals surface area (Å²) < 4.78 is 5.48. The molecule has 0 aliphatic carbocycles. The molecule has 1 heterocycles. The third-order valence-corrected chi connectivity index (χ3v) is 4.22. The Morgan fingerprint density at radius 1 is 1.24 bits per heavy atom. The van der Waals surface area contributed by atoms with Gasteiger partial charge in [-0.3, -0.25) is 0 Å². The summed E-state index contributed by atoms with van der Waals surface area (Å²) in [5.41, 5.74) is 8.89. The maximum atomic E-state index is 5.92. The highest BCUT2D eigenvalue weighted by Gasteiger charge is 2.45. The SMILES string of the molecule is CCc1ccc(C2(C(CC)CN)COC2)cc1. The van der Waals surface area contributed by atoms with E-state index in [2.05, 4.69) is 38.1 Å². The highest BCUT2D eigenvalue weighted by Crippen LogP contribution is 2.40. The van der Waals surface area contributed by atoms with Gasteiger partial charge in [-0.1, -0.05) is 44.5 Å². The summed E-state index contributed by atoms with van der Waals surface area (Å²) in [5, 5.41) is 0. The van der Waals surface area contributed by atoms with Gasteiger partial charge in [-0.25, -0.2) is 0 Å². The van der Waals surface area contributed by atoms with E-state index in [1.807, 2.05) is 0 Å². The van der Waals surface area contributed by atoms with Gasteiger partial charge < -0.3 is 10.5 Å². The minimum atomic E-state index is 0.176. The molecule has 0 bridgehead atoms. The first kappa shape index (κ1) is 12.6. The van der Waals surface area contributed by atoms with Gasteiger partial charge in [0.15, 0.2) is 0 Å². The van der Waals surface area contributed by atoms with E-state index in [-0.39, 0.29) is 5.41 Å². The van der Waals surface area contributed by atoms with Crippen LogP contribution in [0.3, 0.4) is 0 Å². The number of hydrogen-bond donors (Lipinski definition) is 1. The standard InChI is InChI=1S/C15H23NO/c1-3-12-5-7-14(8-6-12)15(10-17-11-15)13(4-2)9-16/h5-8,13H,3-4,9-11,16H2,1-2H3. The van der Waals surface area contributed by atoms with Gasteiger partial charge in [0.1, 0.15) is 0 Å². The van der Waals surface area contributed by atoms with E-state index in [1.54, 1.807) is 0 Å². The van der Waals surface area contributed by atoms with Gasteiger partial charge in [-0.05, 0) is 30.0 Å². The van der Waals surface area contributed by atoms with Crippen molar-refractivity contribution in [1.29, 1.82) is 0 Å². The fourth-order valence-corrected chi connectivity index (χ4v) is 2.82. The number of nitrogens with two attached hydrogens (primary N) is 1. The van der Waals surface area contributed by atoms with Crippen LogP contribution in [0.4, 0.5) is 0 Å². The van der Waals surface area contributed by atoms with E-state index in [1.165, 1.54) is 11.1 Å². The third kappa shape index (κ3) is 2.12. The highest BCUT2D eigenvalue weighted by atomic mass is 16.5. The summed E-state index contributed by atoms with van der Waals surface area (Å²) in [6, 6.07) is 9.00. The zero-order valence-corrected chi connectivity index (χ0v) is 10.9. The van der Waals surface area contributed by atoms with Crippen LogP contribution >= 0.6 is 0 Å². The molecule has 1 unspecified atom stereocenters. The Kier molecular flexibility index (Phi) is 3.85. The van der Waals surface area contributed by atoms with Gasteiger partial charge in [0.05, 0.1) is 13.2 Å². The summed E-state index contributed by atoms with van der Waals surface area (Å²) in [6.45, 7) is 6.81. The molecule has 2 heteroatoms. The van der Waals surface area contributed by atoms with Crippen molar-refractivity contribution >= 4 is 0 Å². The quantitative estimate of drug-likeness (QED) is 0.848. The molecule has 1 saturated heterocycles. The van der Waals surface area contributed by atoms with Gasteiger partial charge in [0.25, 0.3) is 0 Å². The summed E-state index contributed by atoms with van der Waals surface area (Å²) in [6.07, 6.45) is 2.22. The van der Waals surface area contributed by atoms with Gasteiger partial charge >= 0.3 is 0 Å². The third-order valence-electron chi connectivity index (χ3n) is 4.22. The summed E-state index contributed by atoms with van der Waals surface area (Å²) in [5.74, 6) is 0.531. The van der Waals surface area contributed by atoms with Crippen LogP contribution < -0.4 is 5.73 Å². The molecule has 0 amide bonds. The van der Waals surface area contributed by atoms with Crippen molar-refractivity contribution in [3.05, 3.63) is 35.4 Å². The summed E-state index contributed by atoms with van der Waals surface area (Å²) in [4.78, 5) is 0. The Morgan fingerprint density at radius 2 is 1.88 bits per heavy atom. The van der Waals surface area contributed by atoms with Crippen LogP contribution in [0.5, 0.6) is 0 Å². The monoisotopic (exact) mass is 233 g/mol. The largest absolute Gasteiger partial charge is 0.379 e. The van der Waals surface area contributed by atoms with Crippen molar-refractivity contribution in [3.63, 3.8) is 0 Å². The van der Waals surface area contributed by atoms with Crippen molar-refractivity contribution < 1.29 is 4.74 Å². The predicted molar refractivity (Wildman–Crippen MR) is 71.2 cm³/mol. The predicted octanol–water partition coefficient (Wildman–Crippen LogP) is 2.50. The molecule has 1 aromatic rings. The van der Waals surface area contributed by atoms with Crippen molar-refractivity contribution in [1.82, 2.24) is 0 Å². The van der Waals surface area contributed by atoms with Crippen molar-refractivity contribution in [2.45, 2.75) is 32.1 Å². The van der Waals surface area contributed by atoms with E-state index < -0.39 is 0 Å². The topological polar surface area (TPSA) is 35.2 Å². The first-order valence-electron chi connectivity index (χ1n) is 6.64. The minimum absolute atomic E-state index is 0.176. The summed E-state index contributed by atoms with van der Waals surface area (Å²) >= 11 is 0. The number of aryl methyl sites for hydroxylation is 1. The molecular formula is C15H23NO. The van der Waals surface area contributed by atoms with E-state index in [9.17, 15) is 0 Å². The molecule has 1 atom stereocenters. The average molecular weight is 233 g/mol. The van der Waals surface area contributed by atoms with Gasteiger partial charge in [0, 0.05) is 5.41 Å². The molecule has 94 valence electrons. The molecule has 1 aliphatic heterocycles. The summed E-state index contributed by atoms with van der Waals surface area (Å²) in [7, 11) is 0. The van der Waals surface area contributed by atoms with Crippen LogP contribution in [0.15, 0.2) is 24.3 Å². The van der Waals surface area contributed by atoms with E-state index in [0.717, 1.165) is 32.6 Å². The molecule has 0 saturated carbocycles. The van der Waals surface area contributed by atoms with Crippen LogP contribution in [-0.4, -0.2) is 19.8 Å². The molecular weight excluding hydrogens is 210 g/mol. The normalized spacial score (nSPS) is 19.7. The smallest absolute Gasteiger partial charge is 0.0588 e. The van der Waals surface area contributed by atoms with Crippen LogP contribution in [-0.2, 0) is 16.6 Å². The second kappa shape index (κ2) is 5.19. The Morgan fingerprint density at radius 3 is 2.24 bits per heavy atom. The molecule has 1 aromatic carbocycles. The molecule has 0 spiro atoms. The number of rotatable bonds is 5. The lowest BCUT2D eigenvalue weighted by molar-refractivity contribution is -0.0898. The van der Waals surface area contributed by atoms with Gasteiger partial charge in [0.2, 0.25) is 0 Å². The molecule has 0 aromatic heterocycles. The molecule has 2 N–H and O–H groups in total. The number of ether oxygens (including phenoxy) is 1. The van der Waals surface area contributed by atoms with Crippen LogP contribution in [0, 0.1) is 5.92 Å². The van der Waals surface area contributed by atoms with Crippen LogP contribution in [0.1, 0.15) is 31.4 Å². The molecule has 17 heavy (non-hydrogen) atoms. The van der Waals surface area contributed by atoms with Crippen LogP contribution in [0.2, 0.25) is 0 Å². The van der Waals surface area contributed by atoms with E-state index in [4.69, 9.17) is 10.5 Å². The lowest BCUT2D eigenvalue weighted by Crippen LogP contribution is -2.54. The van der Waals surface area contributed by atoms with E-state index >= 15 is 0 Å². The lowest BCUT2D eigenvalue weighted by atomic mass is 9.67. The van der Waals surface area contributed by atoms with Crippen molar-refractivity contribution in [3.8, 4) is 0 Å². The number of hydrogen-bond acceptors (Lipinski definition) is 2. The second-order valence-electron chi connectivity index (χ2n) is 5.04. The van der Waals surface area contributed by atoms with Crippen molar-refractivity contribution in [2.24, 2.45) is 11.7 Å². The van der Waals surface area contributed by atoms with E-state index in [0.29, 0.717) is 5.92 Å². The molecule has 1 aliphatic rings. The maximum Gasteiger partial charge on any atom is 0.0588 e. The Labute approximate surface area is 104 Å². The first-order valence-corrected chi connectivity index (χ1v) is 6.64. The zero-order valence-electron chi connectivity index (χ0n) is 10.9. The highest BCUT2D eigenvalue weighted by molar-refractivity contribution is 5.32. The fraction of sp³-hybridized carbons (Fsp3) is 0.600. The second-order valence-corrected chi connectivity index (χ2v) is 5.04. The molecule has 2 nitrogen and oxygen atoms in total. The molecule has 1 fully saturated rings. The Balaban J connectivity index is 2.27. The minimum Gasteiger partial charge on any atom is -0.379 e. The van der Waals surface area contributed by atoms with Crippen molar-refractivity contribution in [2.75, 3.05) is 19.8 Å². The first-order chi connectivity index (χ1) is 8.26. The molecule has 0 radical (unpaired) electrons. The Bertz CT molecular complexity index is 350. The molecule has 2 rings (SSSR count). The van der Waals surface area contributed by atoms with Gasteiger partial charge in [-0.15, -0.1) is 0 Å². The Hall–Kier alpha value is -0.860. The van der Waals surface area contributed by atoms with Gasteiger partial charge in [-0.2, -0.15) is 0 Å². The number of benzene rings is 1. The zero-order chi connectivity index (χ0) is 12.3. The van der Waals surface area contributed by atoms with Crippen LogP contribution in [0.25, 0.3) is 0 Å². The maximum absolute atomic E-state index is 5.92.